The molecule has 1 aliphatic heterocycles. The molecule has 1 aliphatic rings. The smallest absolute Gasteiger partial charge is 0.134 e. The van der Waals surface area contributed by atoms with Gasteiger partial charge in [0.05, 0.1) is 23.9 Å². The Hall–Kier alpha value is -0.490. The van der Waals surface area contributed by atoms with Crippen LogP contribution in [0, 0.1) is 3.57 Å². The predicted octanol–water partition coefficient (Wildman–Crippen LogP) is 2.14. The van der Waals surface area contributed by atoms with E-state index in [0.717, 1.165) is 35.6 Å². The Morgan fingerprint density at radius 2 is 2.07 bits per heavy atom. The zero-order chi connectivity index (χ0) is 10.7. The zero-order valence-electron chi connectivity index (χ0n) is 8.70. The number of hydrogen-bond donors (Lipinski definition) is 0. The number of ether oxygens (including phenoxy) is 2. The van der Waals surface area contributed by atoms with Gasteiger partial charge in [0.25, 0.3) is 0 Å². The Morgan fingerprint density at radius 1 is 1.33 bits per heavy atom. The van der Waals surface area contributed by atoms with Gasteiger partial charge in [0.15, 0.2) is 0 Å². The monoisotopic (exact) mass is 319 g/mol. The van der Waals surface area contributed by atoms with Crippen LogP contribution >= 0.6 is 22.6 Å². The largest absolute Gasteiger partial charge is 0.496 e. The van der Waals surface area contributed by atoms with Gasteiger partial charge in [-0.1, -0.05) is 0 Å². The van der Waals surface area contributed by atoms with E-state index in [1.54, 1.807) is 7.11 Å². The van der Waals surface area contributed by atoms with Crippen molar-refractivity contribution in [2.45, 2.75) is 0 Å². The van der Waals surface area contributed by atoms with Crippen molar-refractivity contribution in [3.8, 4) is 5.75 Å². The van der Waals surface area contributed by atoms with E-state index >= 15 is 0 Å². The first-order valence-corrected chi connectivity index (χ1v) is 6.05. The van der Waals surface area contributed by atoms with E-state index in [1.165, 1.54) is 5.69 Å². The predicted molar refractivity (Wildman–Crippen MR) is 68.7 cm³/mol. The molecule has 0 bridgehead atoms. The van der Waals surface area contributed by atoms with E-state index in [1.807, 2.05) is 0 Å². The molecule has 4 heteroatoms. The fourth-order valence-corrected chi connectivity index (χ4v) is 2.22. The highest BCUT2D eigenvalue weighted by Crippen LogP contribution is 2.27. The second kappa shape index (κ2) is 5.03. The molecule has 1 heterocycles. The molecule has 82 valence electrons. The van der Waals surface area contributed by atoms with Gasteiger partial charge in [-0.2, -0.15) is 0 Å². The van der Waals surface area contributed by atoms with Crippen LogP contribution in [0.5, 0.6) is 5.75 Å². The van der Waals surface area contributed by atoms with E-state index < -0.39 is 0 Å². The second-order valence-electron chi connectivity index (χ2n) is 3.42. The third-order valence-electron chi connectivity index (χ3n) is 2.51. The summed E-state index contributed by atoms with van der Waals surface area (Å²) in [6.07, 6.45) is 0. The van der Waals surface area contributed by atoms with Crippen LogP contribution in [0.1, 0.15) is 0 Å². The van der Waals surface area contributed by atoms with Crippen molar-refractivity contribution in [1.82, 2.24) is 0 Å². The van der Waals surface area contributed by atoms with Crippen LogP contribution in [-0.4, -0.2) is 33.4 Å². The summed E-state index contributed by atoms with van der Waals surface area (Å²) in [5.41, 5.74) is 1.22. The Labute approximate surface area is 103 Å². The van der Waals surface area contributed by atoms with Gasteiger partial charge in [-0.25, -0.2) is 0 Å². The molecule has 15 heavy (non-hydrogen) atoms. The molecular formula is C11H14INO2. The summed E-state index contributed by atoms with van der Waals surface area (Å²) in [4.78, 5) is 2.32. The highest BCUT2D eigenvalue weighted by molar-refractivity contribution is 14.1. The molecule has 3 nitrogen and oxygen atoms in total. The normalized spacial score (nSPS) is 16.5. The van der Waals surface area contributed by atoms with Crippen LogP contribution in [-0.2, 0) is 4.74 Å². The maximum absolute atomic E-state index is 5.33. The van der Waals surface area contributed by atoms with Crippen LogP contribution < -0.4 is 9.64 Å². The molecule has 0 radical (unpaired) electrons. The van der Waals surface area contributed by atoms with E-state index in [-0.39, 0.29) is 0 Å². The summed E-state index contributed by atoms with van der Waals surface area (Å²) < 4.78 is 11.8. The minimum atomic E-state index is 0.814. The minimum absolute atomic E-state index is 0.814. The standard InChI is InChI=1S/C11H14INO2/c1-14-11-8-9(2-3-10(11)12)13-4-6-15-7-5-13/h2-3,8H,4-7H2,1H3. The lowest BCUT2D eigenvalue weighted by Gasteiger charge is -2.29. The number of anilines is 1. The lowest BCUT2D eigenvalue weighted by molar-refractivity contribution is 0.122. The average molecular weight is 319 g/mol. The van der Waals surface area contributed by atoms with Gasteiger partial charge in [-0.05, 0) is 34.7 Å². The number of nitrogens with zero attached hydrogens (tertiary/aromatic N) is 1. The average Bonchev–Trinajstić information content (AvgIpc) is 2.31. The Morgan fingerprint density at radius 3 is 2.73 bits per heavy atom. The molecule has 0 spiro atoms. The lowest BCUT2D eigenvalue weighted by Crippen LogP contribution is -2.36. The first-order valence-electron chi connectivity index (χ1n) is 4.97. The maximum Gasteiger partial charge on any atom is 0.134 e. The van der Waals surface area contributed by atoms with Crippen molar-refractivity contribution in [2.24, 2.45) is 0 Å². The number of benzene rings is 1. The number of rotatable bonds is 2. The van der Waals surface area contributed by atoms with Gasteiger partial charge >= 0.3 is 0 Å². The summed E-state index contributed by atoms with van der Waals surface area (Å²) in [7, 11) is 1.71. The van der Waals surface area contributed by atoms with Crippen molar-refractivity contribution in [3.63, 3.8) is 0 Å². The van der Waals surface area contributed by atoms with Crippen LogP contribution in [0.25, 0.3) is 0 Å². The molecule has 1 fully saturated rings. The molecule has 1 aromatic carbocycles. The number of halogens is 1. The highest BCUT2D eigenvalue weighted by Gasteiger charge is 2.12. The lowest BCUT2D eigenvalue weighted by atomic mass is 10.2. The Bertz CT molecular complexity index is 337. The van der Waals surface area contributed by atoms with E-state index in [2.05, 4.69) is 45.7 Å². The first-order chi connectivity index (χ1) is 7.31. The third-order valence-corrected chi connectivity index (χ3v) is 3.40. The molecule has 0 amide bonds. The highest BCUT2D eigenvalue weighted by atomic mass is 127. The van der Waals surface area contributed by atoms with Crippen molar-refractivity contribution in [3.05, 3.63) is 21.8 Å². The summed E-state index contributed by atoms with van der Waals surface area (Å²) in [5.74, 6) is 0.944. The molecule has 1 saturated heterocycles. The van der Waals surface area contributed by atoms with Crippen LogP contribution in [0.15, 0.2) is 18.2 Å². The molecule has 1 aromatic rings. The number of methoxy groups -OCH3 is 1. The van der Waals surface area contributed by atoms with E-state index in [0.29, 0.717) is 0 Å². The molecule has 0 unspecified atom stereocenters. The topological polar surface area (TPSA) is 21.7 Å². The minimum Gasteiger partial charge on any atom is -0.496 e. The van der Waals surface area contributed by atoms with Crippen LogP contribution in [0.2, 0.25) is 0 Å². The number of hydrogen-bond acceptors (Lipinski definition) is 3. The Balaban J connectivity index is 2.20. The molecule has 2 rings (SSSR count). The zero-order valence-corrected chi connectivity index (χ0v) is 10.9. The van der Waals surface area contributed by atoms with Crippen molar-refractivity contribution in [2.75, 3.05) is 38.3 Å². The van der Waals surface area contributed by atoms with Crippen molar-refractivity contribution in [1.29, 1.82) is 0 Å². The van der Waals surface area contributed by atoms with E-state index in [4.69, 9.17) is 9.47 Å². The molecular weight excluding hydrogens is 305 g/mol. The summed E-state index contributed by atoms with van der Waals surface area (Å²) >= 11 is 2.28. The fourth-order valence-electron chi connectivity index (χ4n) is 1.67. The molecule has 0 N–H and O–H groups in total. The van der Waals surface area contributed by atoms with Gasteiger partial charge in [0.1, 0.15) is 5.75 Å². The SMILES string of the molecule is COc1cc(N2CCOCC2)ccc1I. The summed E-state index contributed by atoms with van der Waals surface area (Å²) in [6.45, 7) is 3.55. The van der Waals surface area contributed by atoms with Gasteiger partial charge in [-0.3, -0.25) is 0 Å². The maximum atomic E-state index is 5.33. The quantitative estimate of drug-likeness (QED) is 0.780. The van der Waals surface area contributed by atoms with Gasteiger partial charge < -0.3 is 14.4 Å². The summed E-state index contributed by atoms with van der Waals surface area (Å²) in [6, 6.07) is 6.31. The van der Waals surface area contributed by atoms with Gasteiger partial charge in [0, 0.05) is 24.8 Å². The third kappa shape index (κ3) is 2.55. The molecule has 0 aromatic heterocycles. The van der Waals surface area contributed by atoms with Crippen LogP contribution in [0.4, 0.5) is 5.69 Å². The molecule has 0 aliphatic carbocycles. The fraction of sp³-hybridized carbons (Fsp3) is 0.455. The number of morpholine rings is 1. The van der Waals surface area contributed by atoms with Gasteiger partial charge in [0.2, 0.25) is 0 Å². The van der Waals surface area contributed by atoms with Crippen molar-refractivity contribution < 1.29 is 9.47 Å². The van der Waals surface area contributed by atoms with Crippen molar-refractivity contribution >= 4 is 28.3 Å². The Kier molecular flexibility index (Phi) is 3.69. The molecule has 0 atom stereocenters. The molecule has 0 saturated carbocycles. The first kappa shape index (κ1) is 11.0. The van der Waals surface area contributed by atoms with Gasteiger partial charge in [-0.15, -0.1) is 0 Å². The second-order valence-corrected chi connectivity index (χ2v) is 4.58. The van der Waals surface area contributed by atoms with E-state index in [9.17, 15) is 0 Å². The van der Waals surface area contributed by atoms with Crippen LogP contribution in [0.3, 0.4) is 0 Å². The summed E-state index contributed by atoms with van der Waals surface area (Å²) in [5, 5.41) is 0.